The van der Waals surface area contributed by atoms with Crippen molar-refractivity contribution in [3.8, 4) is 0 Å². The summed E-state index contributed by atoms with van der Waals surface area (Å²) in [6.45, 7) is 6.85. The van der Waals surface area contributed by atoms with Crippen molar-refractivity contribution in [3.05, 3.63) is 54.1 Å². The molecule has 2 saturated heterocycles. The number of sulfonamides is 1. The number of rotatable bonds is 5. The van der Waals surface area contributed by atoms with Crippen molar-refractivity contribution in [2.75, 3.05) is 48.9 Å². The minimum absolute atomic E-state index is 0.0430. The molecule has 0 spiro atoms. The summed E-state index contributed by atoms with van der Waals surface area (Å²) in [5, 5.41) is 3.31. The number of benzene rings is 2. The van der Waals surface area contributed by atoms with Crippen LogP contribution in [0.15, 0.2) is 53.4 Å². The summed E-state index contributed by atoms with van der Waals surface area (Å²) in [7, 11) is -3.77. The summed E-state index contributed by atoms with van der Waals surface area (Å²) in [4.78, 5) is 17.4. The molecule has 0 aliphatic carbocycles. The van der Waals surface area contributed by atoms with Crippen LogP contribution in [0.25, 0.3) is 0 Å². The molecule has 7 nitrogen and oxygen atoms in total. The van der Waals surface area contributed by atoms with Gasteiger partial charge in [-0.1, -0.05) is 25.1 Å². The van der Waals surface area contributed by atoms with Gasteiger partial charge in [-0.05, 0) is 49.1 Å². The van der Waals surface area contributed by atoms with E-state index in [2.05, 4.69) is 21.9 Å². The highest BCUT2D eigenvalue weighted by Crippen LogP contribution is 2.31. The molecule has 8 heteroatoms. The minimum atomic E-state index is -3.77. The summed E-state index contributed by atoms with van der Waals surface area (Å²) in [5.41, 5.74) is 1.75. The third-order valence-corrected chi connectivity index (χ3v) is 7.32. The fourth-order valence-electron chi connectivity index (χ4n) is 4.29. The number of hydrogen-bond donors (Lipinski definition) is 2. The van der Waals surface area contributed by atoms with Crippen LogP contribution in [0.2, 0.25) is 0 Å². The zero-order valence-electron chi connectivity index (χ0n) is 17.9. The van der Waals surface area contributed by atoms with Gasteiger partial charge < -0.3 is 15.1 Å². The van der Waals surface area contributed by atoms with Crippen molar-refractivity contribution in [3.63, 3.8) is 0 Å². The zero-order chi connectivity index (χ0) is 21.8. The first kappa shape index (κ1) is 21.6. The second-order valence-electron chi connectivity index (χ2n) is 8.39. The van der Waals surface area contributed by atoms with E-state index in [4.69, 9.17) is 0 Å². The average molecular weight is 443 g/mol. The van der Waals surface area contributed by atoms with Crippen molar-refractivity contribution in [2.24, 2.45) is 5.92 Å². The standard InChI is InChI=1S/C23H30N4O3S/c1-18-6-5-13-27(17-18)23(28)19-9-10-22(26-14-11-24-12-15-26)21(16-19)25-31(29,30)20-7-3-2-4-8-20/h2-4,7-10,16,18,24-25H,5-6,11-15,17H2,1H3. The Morgan fingerprint density at radius 2 is 1.81 bits per heavy atom. The number of piperidine rings is 1. The van der Waals surface area contributed by atoms with Crippen LogP contribution in [0.1, 0.15) is 30.1 Å². The predicted octanol–water partition coefficient (Wildman–Crippen LogP) is 2.77. The Kier molecular flexibility index (Phi) is 6.48. The summed E-state index contributed by atoms with van der Waals surface area (Å²) in [5.74, 6) is 0.437. The lowest BCUT2D eigenvalue weighted by Gasteiger charge is -2.33. The highest BCUT2D eigenvalue weighted by molar-refractivity contribution is 7.92. The van der Waals surface area contributed by atoms with Gasteiger partial charge >= 0.3 is 0 Å². The molecule has 2 N–H and O–H groups in total. The first-order valence-electron chi connectivity index (χ1n) is 10.9. The summed E-state index contributed by atoms with van der Waals surface area (Å²) in [6, 6.07) is 13.7. The number of nitrogens with zero attached hydrogens (tertiary/aromatic N) is 2. The Labute approximate surface area is 184 Å². The summed E-state index contributed by atoms with van der Waals surface area (Å²) in [6.07, 6.45) is 2.13. The number of nitrogens with one attached hydrogen (secondary N) is 2. The van der Waals surface area contributed by atoms with Crippen molar-refractivity contribution in [1.29, 1.82) is 0 Å². The minimum Gasteiger partial charge on any atom is -0.367 e. The van der Waals surface area contributed by atoms with Gasteiger partial charge in [0.15, 0.2) is 0 Å². The predicted molar refractivity (Wildman–Crippen MR) is 123 cm³/mol. The second kappa shape index (κ2) is 9.28. The molecule has 166 valence electrons. The molecular formula is C23H30N4O3S. The highest BCUT2D eigenvalue weighted by Gasteiger charge is 2.25. The Hall–Kier alpha value is -2.58. The van der Waals surface area contributed by atoms with Gasteiger partial charge in [-0.25, -0.2) is 8.42 Å². The number of anilines is 2. The molecule has 2 heterocycles. The number of likely N-dealkylation sites (tertiary alicyclic amines) is 1. The lowest BCUT2D eigenvalue weighted by atomic mass is 9.99. The van der Waals surface area contributed by atoms with Crippen LogP contribution in [0.3, 0.4) is 0 Å². The van der Waals surface area contributed by atoms with Gasteiger partial charge in [-0.15, -0.1) is 0 Å². The zero-order valence-corrected chi connectivity index (χ0v) is 18.7. The molecule has 2 aliphatic rings. The normalized spacial score (nSPS) is 19.8. The van der Waals surface area contributed by atoms with Crippen LogP contribution in [0.4, 0.5) is 11.4 Å². The van der Waals surface area contributed by atoms with Crippen LogP contribution >= 0.6 is 0 Å². The molecule has 2 aromatic carbocycles. The molecule has 31 heavy (non-hydrogen) atoms. The van der Waals surface area contributed by atoms with Gasteiger partial charge in [-0.3, -0.25) is 9.52 Å². The van der Waals surface area contributed by atoms with E-state index in [1.165, 1.54) is 0 Å². The molecule has 1 amide bonds. The van der Waals surface area contributed by atoms with Gasteiger partial charge in [0.1, 0.15) is 0 Å². The number of carbonyl (C=O) groups excluding carboxylic acids is 1. The number of hydrogen-bond acceptors (Lipinski definition) is 5. The Morgan fingerprint density at radius 3 is 2.52 bits per heavy atom. The molecular weight excluding hydrogens is 412 g/mol. The quantitative estimate of drug-likeness (QED) is 0.744. The molecule has 2 aliphatic heterocycles. The van der Waals surface area contributed by atoms with Gasteiger partial charge in [0, 0.05) is 44.8 Å². The largest absolute Gasteiger partial charge is 0.367 e. The first-order chi connectivity index (χ1) is 14.9. The Bertz CT molecular complexity index is 1020. The molecule has 2 aromatic rings. The lowest BCUT2D eigenvalue weighted by molar-refractivity contribution is 0.0683. The van der Waals surface area contributed by atoms with Crippen LogP contribution in [-0.2, 0) is 10.0 Å². The van der Waals surface area contributed by atoms with E-state index in [1.807, 2.05) is 17.0 Å². The molecule has 2 fully saturated rings. The fraction of sp³-hybridized carbons (Fsp3) is 0.435. The Balaban J connectivity index is 1.67. The molecule has 1 atom stereocenters. The van der Waals surface area contributed by atoms with Crippen LogP contribution in [0, 0.1) is 5.92 Å². The maximum atomic E-state index is 13.1. The molecule has 4 rings (SSSR count). The van der Waals surface area contributed by atoms with Crippen molar-refractivity contribution < 1.29 is 13.2 Å². The topological polar surface area (TPSA) is 81.8 Å². The molecule has 0 saturated carbocycles. The van der Waals surface area contributed by atoms with Crippen LogP contribution < -0.4 is 14.9 Å². The van der Waals surface area contributed by atoms with Crippen LogP contribution in [0.5, 0.6) is 0 Å². The maximum absolute atomic E-state index is 13.1. The molecule has 0 bridgehead atoms. The Morgan fingerprint density at radius 1 is 1.06 bits per heavy atom. The van der Waals surface area contributed by atoms with E-state index in [-0.39, 0.29) is 10.8 Å². The fourth-order valence-corrected chi connectivity index (χ4v) is 5.38. The number of carbonyl (C=O) groups is 1. The van der Waals surface area contributed by atoms with E-state index in [0.717, 1.165) is 57.8 Å². The average Bonchev–Trinajstić information content (AvgIpc) is 2.79. The van der Waals surface area contributed by atoms with E-state index < -0.39 is 10.0 Å². The maximum Gasteiger partial charge on any atom is 0.261 e. The van der Waals surface area contributed by atoms with E-state index in [0.29, 0.717) is 17.2 Å². The lowest BCUT2D eigenvalue weighted by Crippen LogP contribution is -2.44. The van der Waals surface area contributed by atoms with Gasteiger partial charge in [0.05, 0.1) is 16.3 Å². The number of amides is 1. The third-order valence-electron chi connectivity index (χ3n) is 5.94. The van der Waals surface area contributed by atoms with Gasteiger partial charge in [0.25, 0.3) is 15.9 Å². The summed E-state index contributed by atoms with van der Waals surface area (Å²) < 4.78 is 28.8. The summed E-state index contributed by atoms with van der Waals surface area (Å²) >= 11 is 0. The molecule has 0 aromatic heterocycles. The number of piperazine rings is 1. The van der Waals surface area contributed by atoms with Gasteiger partial charge in [-0.2, -0.15) is 0 Å². The van der Waals surface area contributed by atoms with Crippen molar-refractivity contribution >= 4 is 27.3 Å². The smallest absolute Gasteiger partial charge is 0.261 e. The van der Waals surface area contributed by atoms with E-state index in [1.54, 1.807) is 36.4 Å². The molecule has 1 unspecified atom stereocenters. The second-order valence-corrected chi connectivity index (χ2v) is 10.1. The first-order valence-corrected chi connectivity index (χ1v) is 12.4. The third kappa shape index (κ3) is 5.02. The van der Waals surface area contributed by atoms with E-state index >= 15 is 0 Å². The van der Waals surface area contributed by atoms with Crippen LogP contribution in [-0.4, -0.2) is 58.5 Å². The highest BCUT2D eigenvalue weighted by atomic mass is 32.2. The van der Waals surface area contributed by atoms with Gasteiger partial charge in [0.2, 0.25) is 0 Å². The molecule has 0 radical (unpaired) electrons. The van der Waals surface area contributed by atoms with E-state index in [9.17, 15) is 13.2 Å². The van der Waals surface area contributed by atoms with Crippen molar-refractivity contribution in [2.45, 2.75) is 24.7 Å². The monoisotopic (exact) mass is 442 g/mol. The van der Waals surface area contributed by atoms with Crippen molar-refractivity contribution in [1.82, 2.24) is 10.2 Å². The SMILES string of the molecule is CC1CCCN(C(=O)c2ccc(N3CCNCC3)c(NS(=O)(=O)c3ccccc3)c2)C1.